The van der Waals surface area contributed by atoms with Crippen molar-refractivity contribution in [2.45, 2.75) is 19.4 Å². The SMILES string of the molecule is O=c1[nH]c(=O)n(CCCc2ccccc2)cc1Br. The highest BCUT2D eigenvalue weighted by Crippen LogP contribution is 2.04. The zero-order valence-corrected chi connectivity index (χ0v) is 11.3. The van der Waals surface area contributed by atoms with Crippen LogP contribution in [0.2, 0.25) is 0 Å². The number of hydrogen-bond donors (Lipinski definition) is 1. The summed E-state index contributed by atoms with van der Waals surface area (Å²) in [5.41, 5.74) is 0.490. The molecular formula is C13H13BrN2O2. The van der Waals surface area contributed by atoms with Crippen molar-refractivity contribution in [2.75, 3.05) is 0 Å². The van der Waals surface area contributed by atoms with Gasteiger partial charge in [-0.2, -0.15) is 0 Å². The van der Waals surface area contributed by atoms with Crippen LogP contribution in [0.25, 0.3) is 0 Å². The largest absolute Gasteiger partial charge is 0.328 e. The first-order valence-electron chi connectivity index (χ1n) is 5.70. The first-order valence-corrected chi connectivity index (χ1v) is 6.49. The second-order valence-corrected chi connectivity index (χ2v) is 4.87. The standard InChI is InChI=1S/C13H13BrN2O2/c14-11-9-16(13(18)15-12(11)17)8-4-7-10-5-2-1-3-6-10/h1-3,5-6,9H,4,7-8H2,(H,15,17,18). The number of rotatable bonds is 4. The van der Waals surface area contributed by atoms with Gasteiger partial charge in [0.2, 0.25) is 0 Å². The van der Waals surface area contributed by atoms with Gasteiger partial charge in [0.1, 0.15) is 0 Å². The Bertz CT molecular complexity index is 631. The second-order valence-electron chi connectivity index (χ2n) is 4.02. The molecule has 0 atom stereocenters. The van der Waals surface area contributed by atoms with Crippen LogP contribution in [0.5, 0.6) is 0 Å². The molecule has 1 aromatic heterocycles. The molecule has 5 heteroatoms. The fourth-order valence-corrected chi connectivity index (χ4v) is 2.09. The summed E-state index contributed by atoms with van der Waals surface area (Å²) >= 11 is 3.11. The highest BCUT2D eigenvalue weighted by molar-refractivity contribution is 9.10. The molecule has 1 aromatic carbocycles. The van der Waals surface area contributed by atoms with E-state index in [-0.39, 0.29) is 11.2 Å². The molecule has 4 nitrogen and oxygen atoms in total. The van der Waals surface area contributed by atoms with Crippen LogP contribution in [0.4, 0.5) is 0 Å². The molecular weight excluding hydrogens is 296 g/mol. The quantitative estimate of drug-likeness (QED) is 0.938. The smallest absolute Gasteiger partial charge is 0.299 e. The molecule has 0 aliphatic carbocycles. The molecule has 2 aromatic rings. The van der Waals surface area contributed by atoms with Crippen molar-refractivity contribution < 1.29 is 0 Å². The minimum absolute atomic E-state index is 0.365. The van der Waals surface area contributed by atoms with E-state index in [1.807, 2.05) is 18.2 Å². The third kappa shape index (κ3) is 3.20. The van der Waals surface area contributed by atoms with Gasteiger partial charge >= 0.3 is 5.69 Å². The van der Waals surface area contributed by atoms with Crippen LogP contribution in [0.3, 0.4) is 0 Å². The van der Waals surface area contributed by atoms with Crippen LogP contribution in [0, 0.1) is 0 Å². The van der Waals surface area contributed by atoms with Gasteiger partial charge in [0.25, 0.3) is 5.56 Å². The molecule has 0 spiro atoms. The van der Waals surface area contributed by atoms with Crippen molar-refractivity contribution in [2.24, 2.45) is 0 Å². The Morgan fingerprint density at radius 1 is 1.17 bits per heavy atom. The topological polar surface area (TPSA) is 54.9 Å². The molecule has 0 aliphatic heterocycles. The van der Waals surface area contributed by atoms with Crippen LogP contribution in [-0.2, 0) is 13.0 Å². The lowest BCUT2D eigenvalue weighted by molar-refractivity contribution is 0.602. The van der Waals surface area contributed by atoms with Gasteiger partial charge in [0.15, 0.2) is 0 Å². The summed E-state index contributed by atoms with van der Waals surface area (Å²) < 4.78 is 1.89. The summed E-state index contributed by atoms with van der Waals surface area (Å²) in [5, 5.41) is 0. The van der Waals surface area contributed by atoms with Crippen molar-refractivity contribution >= 4 is 15.9 Å². The second kappa shape index (κ2) is 5.82. The van der Waals surface area contributed by atoms with Gasteiger partial charge in [-0.1, -0.05) is 30.3 Å². The predicted molar refractivity (Wildman–Crippen MR) is 73.8 cm³/mol. The van der Waals surface area contributed by atoms with Gasteiger partial charge in [-0.15, -0.1) is 0 Å². The van der Waals surface area contributed by atoms with E-state index in [0.717, 1.165) is 12.8 Å². The molecule has 0 amide bonds. The van der Waals surface area contributed by atoms with E-state index in [4.69, 9.17) is 0 Å². The highest BCUT2D eigenvalue weighted by Gasteiger charge is 2.01. The summed E-state index contributed by atoms with van der Waals surface area (Å²) in [7, 11) is 0. The Morgan fingerprint density at radius 2 is 1.89 bits per heavy atom. The highest BCUT2D eigenvalue weighted by atomic mass is 79.9. The molecule has 0 saturated heterocycles. The lowest BCUT2D eigenvalue weighted by Crippen LogP contribution is -2.29. The van der Waals surface area contributed by atoms with E-state index < -0.39 is 0 Å². The summed E-state index contributed by atoms with van der Waals surface area (Å²) in [6.45, 7) is 0.586. The zero-order valence-electron chi connectivity index (χ0n) is 9.73. The summed E-state index contributed by atoms with van der Waals surface area (Å²) in [6.07, 6.45) is 3.29. The number of aromatic amines is 1. The fraction of sp³-hybridized carbons (Fsp3) is 0.231. The predicted octanol–water partition coefficient (Wildman–Crippen LogP) is 1.93. The monoisotopic (exact) mass is 308 g/mol. The van der Waals surface area contributed by atoms with Crippen molar-refractivity contribution in [1.29, 1.82) is 0 Å². The molecule has 18 heavy (non-hydrogen) atoms. The molecule has 1 N–H and O–H groups in total. The first kappa shape index (κ1) is 12.8. The van der Waals surface area contributed by atoms with Gasteiger partial charge < -0.3 is 0 Å². The van der Waals surface area contributed by atoms with Gasteiger partial charge in [-0.05, 0) is 34.3 Å². The summed E-state index contributed by atoms with van der Waals surface area (Å²) in [5.74, 6) is 0. The van der Waals surface area contributed by atoms with E-state index >= 15 is 0 Å². The zero-order chi connectivity index (χ0) is 13.0. The Hall–Kier alpha value is -1.62. The molecule has 0 radical (unpaired) electrons. The van der Waals surface area contributed by atoms with E-state index in [9.17, 15) is 9.59 Å². The van der Waals surface area contributed by atoms with E-state index in [2.05, 4.69) is 33.0 Å². The Labute approximate surface area is 112 Å². The van der Waals surface area contributed by atoms with Crippen LogP contribution in [0.15, 0.2) is 50.6 Å². The Morgan fingerprint density at radius 3 is 2.61 bits per heavy atom. The van der Waals surface area contributed by atoms with Gasteiger partial charge in [-0.25, -0.2) is 4.79 Å². The van der Waals surface area contributed by atoms with E-state index in [1.54, 1.807) is 0 Å². The normalized spacial score (nSPS) is 10.5. The minimum Gasteiger partial charge on any atom is -0.299 e. The van der Waals surface area contributed by atoms with E-state index in [1.165, 1.54) is 16.3 Å². The minimum atomic E-state index is -0.390. The number of aryl methyl sites for hydroxylation is 2. The van der Waals surface area contributed by atoms with Crippen LogP contribution in [0.1, 0.15) is 12.0 Å². The van der Waals surface area contributed by atoms with Crippen molar-refractivity contribution in [3.8, 4) is 0 Å². The van der Waals surface area contributed by atoms with Crippen molar-refractivity contribution in [3.05, 3.63) is 67.4 Å². The molecule has 1 heterocycles. The Kier molecular flexibility index (Phi) is 4.15. The first-order chi connectivity index (χ1) is 8.66. The maximum absolute atomic E-state index is 11.5. The van der Waals surface area contributed by atoms with E-state index in [0.29, 0.717) is 11.0 Å². The van der Waals surface area contributed by atoms with Crippen LogP contribution < -0.4 is 11.2 Å². The number of nitrogens with zero attached hydrogens (tertiary/aromatic N) is 1. The maximum Gasteiger partial charge on any atom is 0.328 e. The molecule has 0 saturated carbocycles. The van der Waals surface area contributed by atoms with Crippen molar-refractivity contribution in [3.63, 3.8) is 0 Å². The number of aromatic nitrogens is 2. The third-order valence-corrected chi connectivity index (χ3v) is 3.24. The molecule has 2 rings (SSSR count). The molecule has 0 unspecified atom stereocenters. The van der Waals surface area contributed by atoms with Gasteiger partial charge in [0.05, 0.1) is 4.47 Å². The number of benzene rings is 1. The van der Waals surface area contributed by atoms with Crippen molar-refractivity contribution in [1.82, 2.24) is 9.55 Å². The Balaban J connectivity index is 2.01. The molecule has 0 bridgehead atoms. The molecule has 0 fully saturated rings. The lowest BCUT2D eigenvalue weighted by atomic mass is 10.1. The van der Waals surface area contributed by atoms with Gasteiger partial charge in [0, 0.05) is 12.7 Å². The molecule has 94 valence electrons. The third-order valence-electron chi connectivity index (χ3n) is 2.67. The number of nitrogens with one attached hydrogen (secondary N) is 1. The lowest BCUT2D eigenvalue weighted by Gasteiger charge is -2.05. The number of halogens is 1. The molecule has 0 aliphatic rings. The maximum atomic E-state index is 11.5. The van der Waals surface area contributed by atoms with Gasteiger partial charge in [-0.3, -0.25) is 14.3 Å². The average Bonchev–Trinajstić information content (AvgIpc) is 2.37. The summed E-state index contributed by atoms with van der Waals surface area (Å²) in [4.78, 5) is 25.0. The number of hydrogen-bond acceptors (Lipinski definition) is 2. The van der Waals surface area contributed by atoms with Crippen LogP contribution >= 0.6 is 15.9 Å². The average molecular weight is 309 g/mol. The number of H-pyrrole nitrogens is 1. The fourth-order valence-electron chi connectivity index (χ4n) is 1.75. The summed E-state index contributed by atoms with van der Waals surface area (Å²) in [6, 6.07) is 10.1. The van der Waals surface area contributed by atoms with Crippen LogP contribution in [-0.4, -0.2) is 9.55 Å².